The molecule has 136 valence electrons. The number of halogens is 1. The summed E-state index contributed by atoms with van der Waals surface area (Å²) < 4.78 is 0.714. The van der Waals surface area contributed by atoms with E-state index < -0.39 is 0 Å². The first-order valence-corrected chi connectivity index (χ1v) is 9.48. The van der Waals surface area contributed by atoms with Crippen LogP contribution in [0, 0.1) is 0 Å². The molecule has 6 heteroatoms. The molecule has 1 fully saturated rings. The second-order valence-electron chi connectivity index (χ2n) is 6.53. The Morgan fingerprint density at radius 2 is 1.58 bits per heavy atom. The number of nitrogens with one attached hydrogen (secondary N) is 2. The molecule has 26 heavy (non-hydrogen) atoms. The van der Waals surface area contributed by atoms with Gasteiger partial charge in [0.1, 0.15) is 0 Å². The molecule has 0 unspecified atom stereocenters. The standard InChI is InChI=1S/C20H22BrN3O2/c1-24-12-10-14(11-13-24)22-20(26)16-7-3-5-9-18(16)23-19(25)15-6-2-4-8-17(15)21/h2-9,14H,10-13H2,1H3,(H,22,26)(H,23,25). The molecular formula is C20H22BrN3O2. The van der Waals surface area contributed by atoms with E-state index in [1.54, 1.807) is 30.3 Å². The van der Waals surface area contributed by atoms with Crippen molar-refractivity contribution in [1.29, 1.82) is 0 Å². The lowest BCUT2D eigenvalue weighted by Crippen LogP contribution is -2.43. The van der Waals surface area contributed by atoms with Crippen LogP contribution < -0.4 is 10.6 Å². The Hall–Kier alpha value is -2.18. The Kier molecular flexibility index (Phi) is 6.06. The number of likely N-dealkylation sites (tertiary alicyclic amines) is 1. The van der Waals surface area contributed by atoms with Crippen molar-refractivity contribution in [3.63, 3.8) is 0 Å². The van der Waals surface area contributed by atoms with Gasteiger partial charge < -0.3 is 15.5 Å². The van der Waals surface area contributed by atoms with Crippen LogP contribution in [-0.4, -0.2) is 42.9 Å². The lowest BCUT2D eigenvalue weighted by atomic mass is 10.0. The van der Waals surface area contributed by atoms with E-state index in [1.807, 2.05) is 18.2 Å². The summed E-state index contributed by atoms with van der Waals surface area (Å²) in [5.41, 5.74) is 1.52. The third-order valence-corrected chi connectivity index (χ3v) is 5.28. The van der Waals surface area contributed by atoms with Gasteiger partial charge in [0, 0.05) is 10.5 Å². The minimum atomic E-state index is -0.253. The topological polar surface area (TPSA) is 61.4 Å². The highest BCUT2D eigenvalue weighted by Gasteiger charge is 2.21. The molecule has 5 nitrogen and oxygen atoms in total. The van der Waals surface area contributed by atoms with E-state index in [0.717, 1.165) is 25.9 Å². The zero-order chi connectivity index (χ0) is 18.5. The lowest BCUT2D eigenvalue weighted by molar-refractivity contribution is 0.0918. The van der Waals surface area contributed by atoms with Crippen molar-refractivity contribution < 1.29 is 9.59 Å². The minimum absolute atomic E-state index is 0.150. The number of rotatable bonds is 4. The molecule has 0 aliphatic carbocycles. The molecule has 3 rings (SSSR count). The van der Waals surface area contributed by atoms with Gasteiger partial charge in [0.05, 0.1) is 16.8 Å². The molecule has 1 aliphatic rings. The molecule has 1 aliphatic heterocycles. The summed E-state index contributed by atoms with van der Waals surface area (Å²) in [4.78, 5) is 27.5. The maximum Gasteiger partial charge on any atom is 0.256 e. The highest BCUT2D eigenvalue weighted by atomic mass is 79.9. The maximum atomic E-state index is 12.7. The van der Waals surface area contributed by atoms with E-state index in [0.29, 0.717) is 21.3 Å². The van der Waals surface area contributed by atoms with Gasteiger partial charge in [0.25, 0.3) is 11.8 Å². The maximum absolute atomic E-state index is 12.7. The van der Waals surface area contributed by atoms with E-state index in [2.05, 4.69) is 38.5 Å². The molecule has 2 aromatic rings. The first kappa shape index (κ1) is 18.6. The number of benzene rings is 2. The molecule has 0 aromatic heterocycles. The molecule has 1 saturated heterocycles. The monoisotopic (exact) mass is 415 g/mol. The fourth-order valence-corrected chi connectivity index (χ4v) is 3.51. The molecule has 0 bridgehead atoms. The zero-order valence-electron chi connectivity index (χ0n) is 14.7. The van der Waals surface area contributed by atoms with Crippen LogP contribution in [0.2, 0.25) is 0 Å². The number of piperidine rings is 1. The first-order valence-electron chi connectivity index (χ1n) is 8.69. The Bertz CT molecular complexity index is 801. The van der Waals surface area contributed by atoms with E-state index in [9.17, 15) is 9.59 Å². The van der Waals surface area contributed by atoms with Gasteiger partial charge in [-0.3, -0.25) is 9.59 Å². The number of carbonyl (C=O) groups is 2. The fraction of sp³-hybridized carbons (Fsp3) is 0.300. The molecule has 2 amide bonds. The van der Waals surface area contributed by atoms with Gasteiger partial charge in [-0.05, 0) is 73.2 Å². The Morgan fingerprint density at radius 1 is 0.962 bits per heavy atom. The van der Waals surface area contributed by atoms with Crippen LogP contribution in [-0.2, 0) is 0 Å². The molecule has 0 spiro atoms. The Labute approximate surface area is 161 Å². The predicted octanol–water partition coefficient (Wildman–Crippen LogP) is 3.53. The third kappa shape index (κ3) is 4.51. The second kappa shape index (κ2) is 8.47. The van der Waals surface area contributed by atoms with Gasteiger partial charge in [0.15, 0.2) is 0 Å². The van der Waals surface area contributed by atoms with Crippen molar-refractivity contribution in [3.8, 4) is 0 Å². The van der Waals surface area contributed by atoms with Crippen LogP contribution in [0.5, 0.6) is 0 Å². The SMILES string of the molecule is CN1CCC(NC(=O)c2ccccc2NC(=O)c2ccccc2Br)CC1. The van der Waals surface area contributed by atoms with Crippen molar-refractivity contribution in [1.82, 2.24) is 10.2 Å². The average Bonchev–Trinajstić information content (AvgIpc) is 2.64. The summed E-state index contributed by atoms with van der Waals surface area (Å²) in [6.07, 6.45) is 1.88. The lowest BCUT2D eigenvalue weighted by Gasteiger charge is -2.29. The summed E-state index contributed by atoms with van der Waals surface area (Å²) in [6, 6.07) is 14.5. The van der Waals surface area contributed by atoms with Crippen LogP contribution in [0.25, 0.3) is 0 Å². The number of anilines is 1. The van der Waals surface area contributed by atoms with E-state index in [1.165, 1.54) is 0 Å². The van der Waals surface area contributed by atoms with E-state index >= 15 is 0 Å². The fourth-order valence-electron chi connectivity index (χ4n) is 3.04. The number of amides is 2. The molecule has 2 aromatic carbocycles. The van der Waals surface area contributed by atoms with Crippen LogP contribution in [0.15, 0.2) is 53.0 Å². The summed E-state index contributed by atoms with van der Waals surface area (Å²) >= 11 is 3.38. The van der Waals surface area contributed by atoms with Crippen molar-refractivity contribution in [2.45, 2.75) is 18.9 Å². The van der Waals surface area contributed by atoms with Gasteiger partial charge in [-0.2, -0.15) is 0 Å². The number of hydrogen-bond acceptors (Lipinski definition) is 3. The van der Waals surface area contributed by atoms with Crippen molar-refractivity contribution in [3.05, 3.63) is 64.1 Å². The predicted molar refractivity (Wildman–Crippen MR) is 107 cm³/mol. The molecule has 0 saturated carbocycles. The summed E-state index contributed by atoms with van der Waals surface area (Å²) in [7, 11) is 2.09. The zero-order valence-corrected chi connectivity index (χ0v) is 16.3. The molecule has 2 N–H and O–H groups in total. The van der Waals surface area contributed by atoms with Crippen LogP contribution in [0.4, 0.5) is 5.69 Å². The highest BCUT2D eigenvalue weighted by molar-refractivity contribution is 9.10. The summed E-state index contributed by atoms with van der Waals surface area (Å²) in [6.45, 7) is 1.96. The van der Waals surface area contributed by atoms with Gasteiger partial charge in [-0.1, -0.05) is 24.3 Å². The summed E-state index contributed by atoms with van der Waals surface area (Å²) in [5, 5.41) is 5.95. The Morgan fingerprint density at radius 3 is 2.27 bits per heavy atom. The largest absolute Gasteiger partial charge is 0.349 e. The van der Waals surface area contributed by atoms with Crippen LogP contribution in [0.3, 0.4) is 0 Å². The number of para-hydroxylation sites is 1. The molecule has 1 heterocycles. The molecule has 0 atom stereocenters. The molecular weight excluding hydrogens is 394 g/mol. The first-order chi connectivity index (χ1) is 12.5. The van der Waals surface area contributed by atoms with Gasteiger partial charge in [-0.15, -0.1) is 0 Å². The van der Waals surface area contributed by atoms with E-state index in [-0.39, 0.29) is 17.9 Å². The van der Waals surface area contributed by atoms with Crippen LogP contribution in [0.1, 0.15) is 33.6 Å². The van der Waals surface area contributed by atoms with Gasteiger partial charge in [0.2, 0.25) is 0 Å². The molecule has 0 radical (unpaired) electrons. The van der Waals surface area contributed by atoms with Crippen molar-refractivity contribution in [2.75, 3.05) is 25.5 Å². The van der Waals surface area contributed by atoms with Crippen molar-refractivity contribution in [2.24, 2.45) is 0 Å². The van der Waals surface area contributed by atoms with Gasteiger partial charge in [-0.25, -0.2) is 0 Å². The smallest absolute Gasteiger partial charge is 0.256 e. The van der Waals surface area contributed by atoms with Crippen molar-refractivity contribution >= 4 is 33.4 Å². The second-order valence-corrected chi connectivity index (χ2v) is 7.38. The van der Waals surface area contributed by atoms with Crippen LogP contribution >= 0.6 is 15.9 Å². The average molecular weight is 416 g/mol. The minimum Gasteiger partial charge on any atom is -0.349 e. The Balaban J connectivity index is 1.72. The number of hydrogen-bond donors (Lipinski definition) is 2. The summed E-state index contributed by atoms with van der Waals surface area (Å²) in [5.74, 6) is -0.403. The number of nitrogens with zero attached hydrogens (tertiary/aromatic N) is 1. The van der Waals surface area contributed by atoms with E-state index in [4.69, 9.17) is 0 Å². The third-order valence-electron chi connectivity index (χ3n) is 4.59. The quantitative estimate of drug-likeness (QED) is 0.802. The number of carbonyl (C=O) groups excluding carboxylic acids is 2. The normalized spacial score (nSPS) is 15.5. The highest BCUT2D eigenvalue weighted by Crippen LogP contribution is 2.21. The van der Waals surface area contributed by atoms with Gasteiger partial charge >= 0.3 is 0 Å².